The Morgan fingerprint density at radius 1 is 0.538 bits per heavy atom. The molecule has 0 spiro atoms. The molecule has 0 rings (SSSR count). The maximum atomic E-state index is 8.64. The van der Waals surface area contributed by atoms with Crippen molar-refractivity contribution in [2.45, 2.75) is 0 Å². The standard InChI is InChI=1S/3Mn.8O.2Sb/q3*+2;;;6*-1;;. The van der Waals surface area contributed by atoms with Crippen LogP contribution in [0.1, 0.15) is 0 Å². The van der Waals surface area contributed by atoms with Crippen molar-refractivity contribution in [3.05, 3.63) is 0 Å². The number of rotatable bonds is 0. The third-order valence-electron chi connectivity index (χ3n) is 0. The van der Waals surface area contributed by atoms with Crippen LogP contribution in [0.5, 0.6) is 0 Å². The molecule has 79 valence electrons. The van der Waals surface area contributed by atoms with E-state index in [1.54, 1.807) is 0 Å². The van der Waals surface area contributed by atoms with Gasteiger partial charge in [-0.15, -0.1) is 0 Å². The SMILES string of the molecule is [Mn+2].[Mn+2].[Mn+2].[O]=[Sb]([O-])([O-])[O-].[O]=[Sb]([O-])([O-])[O-]. The van der Waals surface area contributed by atoms with E-state index in [4.69, 9.17) is 26.3 Å². The van der Waals surface area contributed by atoms with Crippen LogP contribution in [0.4, 0.5) is 0 Å². The van der Waals surface area contributed by atoms with Crippen LogP contribution >= 0.6 is 0 Å². The van der Waals surface area contributed by atoms with E-state index >= 15 is 0 Å². The van der Waals surface area contributed by atoms with Crippen LogP contribution in [0.3, 0.4) is 0 Å². The molecule has 13 heavy (non-hydrogen) atoms. The molecule has 0 N–H and O–H groups in total. The molecule has 0 heterocycles. The molecule has 0 saturated carbocycles. The topological polar surface area (TPSA) is 172 Å². The average Bonchev–Trinajstić information content (AvgIpc) is 1.12. The van der Waals surface area contributed by atoms with E-state index in [2.05, 4.69) is 0 Å². The van der Waals surface area contributed by atoms with Gasteiger partial charge in [0.25, 0.3) is 0 Å². The Morgan fingerprint density at radius 3 is 0.538 bits per heavy atom. The van der Waals surface area contributed by atoms with E-state index in [1.165, 1.54) is 0 Å². The van der Waals surface area contributed by atoms with Crippen LogP contribution in [0.25, 0.3) is 0 Å². The first-order valence-electron chi connectivity index (χ1n) is 1.46. The minimum atomic E-state index is -6.10. The van der Waals surface area contributed by atoms with Gasteiger partial charge in [0.05, 0.1) is 0 Å². The van der Waals surface area contributed by atoms with Crippen LogP contribution in [-0.2, 0) is 57.2 Å². The molecule has 0 fully saturated rings. The van der Waals surface area contributed by atoms with Gasteiger partial charge in [0.2, 0.25) is 0 Å². The van der Waals surface area contributed by atoms with E-state index in [0.717, 1.165) is 0 Å². The summed E-state index contributed by atoms with van der Waals surface area (Å²) in [4.78, 5) is 0. The van der Waals surface area contributed by atoms with Crippen molar-refractivity contribution in [3.63, 3.8) is 0 Å². The fraction of sp³-hybridized carbons (Fsp3) is 0. The molecule has 0 unspecified atom stereocenters. The van der Waals surface area contributed by atoms with Gasteiger partial charge in [-0.25, -0.2) is 0 Å². The molecule has 0 aromatic heterocycles. The van der Waals surface area contributed by atoms with Crippen molar-refractivity contribution < 1.29 is 77.6 Å². The molecule has 8 nitrogen and oxygen atoms in total. The Balaban J connectivity index is -0.0000000267. The zero-order chi connectivity index (χ0) is 9.00. The Bertz CT molecular complexity index is 130. The van der Waals surface area contributed by atoms with Gasteiger partial charge in [-0.05, 0) is 0 Å². The molecule has 0 aliphatic heterocycles. The third kappa shape index (κ3) is 351. The average molecular weight is 536 g/mol. The van der Waals surface area contributed by atoms with Crippen molar-refractivity contribution in [1.82, 2.24) is 0 Å². The van der Waals surface area contributed by atoms with Gasteiger partial charge in [0.1, 0.15) is 0 Å². The normalized spacial score (nSPS) is 9.08. The maximum absolute atomic E-state index is 8.64. The summed E-state index contributed by atoms with van der Waals surface area (Å²) in [6.45, 7) is 0. The molecule has 0 amide bonds. The van der Waals surface area contributed by atoms with E-state index in [9.17, 15) is 0 Å². The van der Waals surface area contributed by atoms with Crippen molar-refractivity contribution in [3.8, 4) is 0 Å². The second-order valence-electron chi connectivity index (χ2n) is 0.894. The molecular weight excluding hydrogens is 536 g/mol. The fourth-order valence-electron chi connectivity index (χ4n) is 0. The molecule has 0 aromatic rings. The Kier molecular flexibility index (Phi) is 28.7. The summed E-state index contributed by atoms with van der Waals surface area (Å²) < 4.78 is 69.1. The summed E-state index contributed by atoms with van der Waals surface area (Å²) in [6.07, 6.45) is 0. The van der Waals surface area contributed by atoms with Crippen molar-refractivity contribution in [2.75, 3.05) is 0 Å². The van der Waals surface area contributed by atoms with Gasteiger partial charge in [-0.1, -0.05) is 0 Å². The zero-order valence-corrected chi connectivity index (χ0v) is 13.9. The third-order valence-corrected chi connectivity index (χ3v) is 0. The van der Waals surface area contributed by atoms with Crippen LogP contribution in [0.15, 0.2) is 0 Å². The zero-order valence-electron chi connectivity index (χ0n) is 5.29. The van der Waals surface area contributed by atoms with Gasteiger partial charge < -0.3 is 0 Å². The number of hydrogen-bond donors (Lipinski definition) is 0. The van der Waals surface area contributed by atoms with Gasteiger partial charge in [0.15, 0.2) is 0 Å². The van der Waals surface area contributed by atoms with E-state index in [-0.39, 0.29) is 51.2 Å². The summed E-state index contributed by atoms with van der Waals surface area (Å²) in [7, 11) is 0. The molecule has 13 heteroatoms. The van der Waals surface area contributed by atoms with Gasteiger partial charge >= 0.3 is 118 Å². The van der Waals surface area contributed by atoms with Crippen molar-refractivity contribution in [1.29, 1.82) is 0 Å². The first kappa shape index (κ1) is 29.6. The predicted molar refractivity (Wildman–Crippen MR) is 12.9 cm³/mol. The molecular formula is Mn3O8Sb2. The summed E-state index contributed by atoms with van der Waals surface area (Å²) in [6, 6.07) is 0. The first-order valence-corrected chi connectivity index (χ1v) is 9.80. The quantitative estimate of drug-likeness (QED) is 0.275. The van der Waals surface area contributed by atoms with Crippen LogP contribution in [0.2, 0.25) is 0 Å². The van der Waals surface area contributed by atoms with Crippen molar-refractivity contribution >= 4 is 40.1 Å². The van der Waals surface area contributed by atoms with E-state index < -0.39 is 40.1 Å². The molecule has 0 aromatic carbocycles. The van der Waals surface area contributed by atoms with Gasteiger partial charge in [-0.2, -0.15) is 0 Å². The Labute approximate surface area is 116 Å². The molecule has 0 atom stereocenters. The Morgan fingerprint density at radius 2 is 0.538 bits per heavy atom. The molecule has 0 aliphatic rings. The number of hydrogen-bond acceptors (Lipinski definition) is 8. The van der Waals surface area contributed by atoms with E-state index in [1.807, 2.05) is 0 Å². The molecule has 0 saturated heterocycles. The first-order chi connectivity index (χ1) is 4.00. The van der Waals surface area contributed by atoms with Gasteiger partial charge in [0, 0.05) is 0 Å². The van der Waals surface area contributed by atoms with Crippen molar-refractivity contribution in [2.24, 2.45) is 0 Å². The second-order valence-corrected chi connectivity index (χ2v) is 6.00. The molecule has 3 radical (unpaired) electrons. The van der Waals surface area contributed by atoms with Crippen LogP contribution < -0.4 is 20.3 Å². The monoisotopic (exact) mass is 535 g/mol. The summed E-state index contributed by atoms with van der Waals surface area (Å²) in [5.41, 5.74) is 0. The predicted octanol–water partition coefficient (Wildman–Crippen LogP) is -8.14. The van der Waals surface area contributed by atoms with Gasteiger partial charge in [-0.3, -0.25) is 0 Å². The second kappa shape index (κ2) is 12.6. The molecule has 0 aliphatic carbocycles. The van der Waals surface area contributed by atoms with E-state index in [0.29, 0.717) is 0 Å². The minimum absolute atomic E-state index is 0. The summed E-state index contributed by atoms with van der Waals surface area (Å²) >= 11 is -12.2. The summed E-state index contributed by atoms with van der Waals surface area (Å²) in [5, 5.41) is 0. The Hall–Kier alpha value is 2.55. The van der Waals surface area contributed by atoms with Crippen LogP contribution in [0, 0.1) is 0 Å². The summed E-state index contributed by atoms with van der Waals surface area (Å²) in [5.74, 6) is 0. The fourth-order valence-corrected chi connectivity index (χ4v) is 0. The van der Waals surface area contributed by atoms with Crippen LogP contribution in [-0.4, -0.2) is 40.1 Å². The molecule has 0 bridgehead atoms.